The molecular weight excluding hydrogens is 302 g/mol. The first-order valence-electron chi connectivity index (χ1n) is 8.49. The lowest BCUT2D eigenvalue weighted by Gasteiger charge is -2.27. The van der Waals surface area contributed by atoms with E-state index in [9.17, 15) is 0 Å². The zero-order valence-electron chi connectivity index (χ0n) is 13.7. The summed E-state index contributed by atoms with van der Waals surface area (Å²) in [4.78, 5) is 8.20. The first-order chi connectivity index (χ1) is 11.2. The molecule has 0 saturated heterocycles. The fourth-order valence-electron chi connectivity index (χ4n) is 3.66. The van der Waals surface area contributed by atoms with Crippen LogP contribution >= 0.6 is 11.3 Å². The molecule has 3 nitrogen and oxygen atoms in total. The van der Waals surface area contributed by atoms with Crippen molar-refractivity contribution < 1.29 is 0 Å². The Bertz CT molecular complexity index is 817. The molecule has 1 aliphatic carbocycles. The van der Waals surface area contributed by atoms with Crippen molar-refractivity contribution in [2.45, 2.75) is 45.6 Å². The molecule has 0 amide bonds. The van der Waals surface area contributed by atoms with Gasteiger partial charge in [0.2, 0.25) is 0 Å². The molecule has 2 atom stereocenters. The molecule has 1 aromatic carbocycles. The first-order valence-corrected chi connectivity index (χ1v) is 9.37. The van der Waals surface area contributed by atoms with E-state index in [1.807, 2.05) is 0 Å². The second kappa shape index (κ2) is 6.00. The van der Waals surface area contributed by atoms with Gasteiger partial charge in [0, 0.05) is 34.1 Å². The van der Waals surface area contributed by atoms with Crippen LogP contribution < -0.4 is 5.32 Å². The summed E-state index contributed by atoms with van der Waals surface area (Å²) >= 11 is 1.72. The molecule has 1 saturated carbocycles. The largest absolute Gasteiger partial charge is 0.360 e. The highest BCUT2D eigenvalue weighted by Crippen LogP contribution is 2.33. The summed E-state index contributed by atoms with van der Waals surface area (Å²) < 4.78 is 0. The van der Waals surface area contributed by atoms with Crippen LogP contribution in [0.5, 0.6) is 0 Å². The van der Waals surface area contributed by atoms with Gasteiger partial charge in [-0.05, 0) is 37.3 Å². The maximum absolute atomic E-state index is 4.83. The van der Waals surface area contributed by atoms with Gasteiger partial charge in [0.1, 0.15) is 0 Å². The van der Waals surface area contributed by atoms with Gasteiger partial charge >= 0.3 is 0 Å². The van der Waals surface area contributed by atoms with Crippen molar-refractivity contribution >= 4 is 27.4 Å². The fraction of sp³-hybridized carbons (Fsp3) is 0.421. The average molecular weight is 325 g/mol. The standard InChI is InChI=1S/C19H23N3S/c1-12-4-3-5-14(8-12)21-19-22-18(11-23-19)16-10-20-17-9-13(2)6-7-15(16)17/h6-7,9-12,14,20H,3-5,8H2,1-2H3,(H,21,22)/t12-,14+/m1/s1. The van der Waals surface area contributed by atoms with Gasteiger partial charge in [0.15, 0.2) is 5.13 Å². The van der Waals surface area contributed by atoms with Crippen LogP contribution in [0.3, 0.4) is 0 Å². The number of benzene rings is 1. The minimum Gasteiger partial charge on any atom is -0.360 e. The number of aromatic amines is 1. The van der Waals surface area contributed by atoms with Crippen LogP contribution in [0.2, 0.25) is 0 Å². The first kappa shape index (κ1) is 14.8. The topological polar surface area (TPSA) is 40.7 Å². The highest BCUT2D eigenvalue weighted by molar-refractivity contribution is 7.14. The summed E-state index contributed by atoms with van der Waals surface area (Å²) in [6, 6.07) is 7.12. The maximum atomic E-state index is 4.83. The number of H-pyrrole nitrogens is 1. The normalized spacial score (nSPS) is 21.7. The van der Waals surface area contributed by atoms with E-state index in [4.69, 9.17) is 4.98 Å². The lowest BCUT2D eigenvalue weighted by Crippen LogP contribution is -2.26. The third-order valence-electron chi connectivity index (χ3n) is 4.88. The zero-order valence-corrected chi connectivity index (χ0v) is 14.5. The van der Waals surface area contributed by atoms with Gasteiger partial charge in [0.05, 0.1) is 5.69 Å². The minimum atomic E-state index is 0.586. The monoisotopic (exact) mass is 325 g/mol. The zero-order chi connectivity index (χ0) is 15.8. The molecule has 2 heterocycles. The molecule has 0 bridgehead atoms. The van der Waals surface area contributed by atoms with Crippen molar-refractivity contribution in [3.63, 3.8) is 0 Å². The quantitative estimate of drug-likeness (QED) is 0.659. The van der Waals surface area contributed by atoms with Gasteiger partial charge in [-0.2, -0.15) is 0 Å². The molecule has 0 spiro atoms. The molecule has 23 heavy (non-hydrogen) atoms. The van der Waals surface area contributed by atoms with Gasteiger partial charge in [0.25, 0.3) is 0 Å². The molecule has 4 rings (SSSR count). The van der Waals surface area contributed by atoms with E-state index < -0.39 is 0 Å². The molecule has 2 aromatic heterocycles. The van der Waals surface area contributed by atoms with Crippen molar-refractivity contribution in [3.8, 4) is 11.3 Å². The van der Waals surface area contributed by atoms with E-state index in [0.717, 1.165) is 16.7 Å². The summed E-state index contributed by atoms with van der Waals surface area (Å²) in [5.74, 6) is 0.831. The summed E-state index contributed by atoms with van der Waals surface area (Å²) in [5, 5.41) is 8.12. The highest BCUT2D eigenvalue weighted by atomic mass is 32.1. The van der Waals surface area contributed by atoms with E-state index in [1.54, 1.807) is 11.3 Å². The smallest absolute Gasteiger partial charge is 0.183 e. The number of aryl methyl sites for hydroxylation is 1. The predicted octanol–water partition coefficient (Wildman–Crippen LogP) is 5.59. The van der Waals surface area contributed by atoms with Crippen LogP contribution in [0.15, 0.2) is 29.8 Å². The lowest BCUT2D eigenvalue weighted by molar-refractivity contribution is 0.358. The van der Waals surface area contributed by atoms with Crippen LogP contribution in [-0.2, 0) is 0 Å². The Morgan fingerprint density at radius 2 is 2.22 bits per heavy atom. The van der Waals surface area contributed by atoms with E-state index in [0.29, 0.717) is 6.04 Å². The van der Waals surface area contributed by atoms with Crippen LogP contribution in [-0.4, -0.2) is 16.0 Å². The van der Waals surface area contributed by atoms with Gasteiger partial charge in [-0.3, -0.25) is 0 Å². The van der Waals surface area contributed by atoms with Crippen molar-refractivity contribution in [2.75, 3.05) is 5.32 Å². The second-order valence-corrected chi connectivity index (χ2v) is 7.76. The Balaban J connectivity index is 1.57. The molecule has 0 unspecified atom stereocenters. The second-order valence-electron chi connectivity index (χ2n) is 6.90. The van der Waals surface area contributed by atoms with Crippen LogP contribution in [0.1, 0.15) is 38.2 Å². The number of hydrogen-bond acceptors (Lipinski definition) is 3. The van der Waals surface area contributed by atoms with Gasteiger partial charge in [-0.15, -0.1) is 11.3 Å². The molecule has 0 aliphatic heterocycles. The fourth-order valence-corrected chi connectivity index (χ4v) is 4.44. The van der Waals surface area contributed by atoms with Gasteiger partial charge in [-0.1, -0.05) is 31.9 Å². The van der Waals surface area contributed by atoms with Crippen molar-refractivity contribution in [1.82, 2.24) is 9.97 Å². The van der Waals surface area contributed by atoms with Crippen molar-refractivity contribution in [2.24, 2.45) is 5.92 Å². The number of anilines is 1. The molecule has 1 aliphatic rings. The summed E-state index contributed by atoms with van der Waals surface area (Å²) in [7, 11) is 0. The van der Waals surface area contributed by atoms with E-state index in [1.165, 1.54) is 47.7 Å². The Hall–Kier alpha value is -1.81. The number of thiazole rings is 1. The maximum Gasteiger partial charge on any atom is 0.183 e. The lowest BCUT2D eigenvalue weighted by atomic mass is 9.87. The minimum absolute atomic E-state index is 0.586. The molecule has 4 heteroatoms. The third kappa shape index (κ3) is 3.00. The predicted molar refractivity (Wildman–Crippen MR) is 99.2 cm³/mol. The highest BCUT2D eigenvalue weighted by Gasteiger charge is 2.20. The van der Waals surface area contributed by atoms with E-state index in [-0.39, 0.29) is 0 Å². The number of nitrogens with one attached hydrogen (secondary N) is 2. The molecule has 1 fully saturated rings. The average Bonchev–Trinajstić information content (AvgIpc) is 3.13. The molecule has 2 N–H and O–H groups in total. The van der Waals surface area contributed by atoms with Gasteiger partial charge in [-0.25, -0.2) is 4.98 Å². The van der Waals surface area contributed by atoms with Gasteiger partial charge < -0.3 is 10.3 Å². The molecular formula is C19H23N3S. The number of nitrogens with zero attached hydrogens (tertiary/aromatic N) is 1. The molecule has 0 radical (unpaired) electrons. The van der Waals surface area contributed by atoms with Crippen LogP contribution in [0, 0.1) is 12.8 Å². The number of rotatable bonds is 3. The van der Waals surface area contributed by atoms with Crippen LogP contribution in [0.4, 0.5) is 5.13 Å². The summed E-state index contributed by atoms with van der Waals surface area (Å²) in [5.41, 5.74) is 4.72. The Morgan fingerprint density at radius 1 is 1.30 bits per heavy atom. The summed E-state index contributed by atoms with van der Waals surface area (Å²) in [6.07, 6.45) is 7.31. The third-order valence-corrected chi connectivity index (χ3v) is 5.65. The van der Waals surface area contributed by atoms with Crippen LogP contribution in [0.25, 0.3) is 22.2 Å². The Labute approximate surface area is 141 Å². The van der Waals surface area contributed by atoms with Crippen molar-refractivity contribution in [1.29, 1.82) is 0 Å². The Kier molecular flexibility index (Phi) is 3.85. The van der Waals surface area contributed by atoms with Crippen molar-refractivity contribution in [3.05, 3.63) is 35.3 Å². The molecule has 120 valence electrons. The van der Waals surface area contributed by atoms with E-state index >= 15 is 0 Å². The number of fused-ring (bicyclic) bond motifs is 1. The Morgan fingerprint density at radius 3 is 3.09 bits per heavy atom. The SMILES string of the molecule is Cc1ccc2c(-c3csc(N[C@H]4CCC[C@@H](C)C4)n3)c[nH]c2c1. The molecule has 3 aromatic rings. The summed E-state index contributed by atoms with van der Waals surface area (Å²) in [6.45, 7) is 4.48. The van der Waals surface area contributed by atoms with E-state index in [2.05, 4.69) is 53.9 Å². The number of aromatic nitrogens is 2. The number of hydrogen-bond donors (Lipinski definition) is 2.